The van der Waals surface area contributed by atoms with Crippen molar-refractivity contribution < 1.29 is 19.1 Å². The van der Waals surface area contributed by atoms with E-state index in [1.807, 2.05) is 6.07 Å². The summed E-state index contributed by atoms with van der Waals surface area (Å²) in [7, 11) is 0. The summed E-state index contributed by atoms with van der Waals surface area (Å²) < 4.78 is 10.4. The molecule has 2 rings (SSSR count). The molecule has 0 unspecified atom stereocenters. The zero-order valence-corrected chi connectivity index (χ0v) is 12.2. The highest BCUT2D eigenvalue weighted by atomic mass is 16.5. The molecule has 1 atom stereocenters. The van der Waals surface area contributed by atoms with Crippen LogP contribution in [0.3, 0.4) is 0 Å². The van der Waals surface area contributed by atoms with Crippen molar-refractivity contribution in [3.8, 4) is 0 Å². The predicted octanol–water partition coefficient (Wildman–Crippen LogP) is 3.22. The normalized spacial score (nSPS) is 15.3. The molecule has 22 heavy (non-hydrogen) atoms. The molecule has 0 spiro atoms. The van der Waals surface area contributed by atoms with E-state index in [1.54, 1.807) is 42.5 Å². The SMILES string of the molecule is C=C/C=C/[C@H](CCC1=CC(=O)OC1)OC(=O)c1ccccc1. The van der Waals surface area contributed by atoms with Crippen LogP contribution in [0.4, 0.5) is 0 Å². The molecule has 0 aromatic heterocycles. The van der Waals surface area contributed by atoms with Gasteiger partial charge in [0.2, 0.25) is 0 Å². The van der Waals surface area contributed by atoms with Gasteiger partial charge < -0.3 is 9.47 Å². The largest absolute Gasteiger partial charge is 0.458 e. The molecule has 4 heteroatoms. The van der Waals surface area contributed by atoms with Gasteiger partial charge in [0.1, 0.15) is 12.7 Å². The first-order valence-electron chi connectivity index (χ1n) is 7.10. The number of hydrogen-bond donors (Lipinski definition) is 0. The van der Waals surface area contributed by atoms with Crippen LogP contribution in [0.15, 0.2) is 66.8 Å². The van der Waals surface area contributed by atoms with Crippen molar-refractivity contribution in [3.05, 3.63) is 72.4 Å². The fraction of sp³-hybridized carbons (Fsp3) is 0.222. The third-order valence-corrected chi connectivity index (χ3v) is 3.20. The minimum Gasteiger partial charge on any atom is -0.458 e. The lowest BCUT2D eigenvalue weighted by atomic mass is 10.1. The molecule has 1 heterocycles. The van der Waals surface area contributed by atoms with Crippen molar-refractivity contribution in [3.63, 3.8) is 0 Å². The molecule has 0 N–H and O–H groups in total. The van der Waals surface area contributed by atoms with E-state index in [9.17, 15) is 9.59 Å². The smallest absolute Gasteiger partial charge is 0.338 e. The maximum absolute atomic E-state index is 12.1. The summed E-state index contributed by atoms with van der Waals surface area (Å²) in [6, 6.07) is 8.84. The Balaban J connectivity index is 1.95. The molecule has 0 radical (unpaired) electrons. The first-order chi connectivity index (χ1) is 10.7. The molecule has 0 aliphatic carbocycles. The zero-order chi connectivity index (χ0) is 15.8. The lowest BCUT2D eigenvalue weighted by Crippen LogP contribution is -2.16. The molecule has 1 aromatic carbocycles. The highest BCUT2D eigenvalue weighted by molar-refractivity contribution is 5.89. The number of cyclic esters (lactones) is 1. The summed E-state index contributed by atoms with van der Waals surface area (Å²) in [5.41, 5.74) is 1.43. The minimum absolute atomic E-state index is 0.311. The number of hydrogen-bond acceptors (Lipinski definition) is 4. The van der Waals surface area contributed by atoms with Gasteiger partial charge in [-0.1, -0.05) is 36.9 Å². The minimum atomic E-state index is -0.373. The molecular formula is C18H18O4. The fourth-order valence-electron chi connectivity index (χ4n) is 2.06. The average molecular weight is 298 g/mol. The third-order valence-electron chi connectivity index (χ3n) is 3.20. The van der Waals surface area contributed by atoms with E-state index in [4.69, 9.17) is 9.47 Å². The van der Waals surface area contributed by atoms with Crippen molar-refractivity contribution in [2.24, 2.45) is 0 Å². The maximum Gasteiger partial charge on any atom is 0.338 e. The van der Waals surface area contributed by atoms with Crippen molar-refractivity contribution in [1.29, 1.82) is 0 Å². The van der Waals surface area contributed by atoms with Gasteiger partial charge in [0.05, 0.1) is 5.56 Å². The van der Waals surface area contributed by atoms with Gasteiger partial charge >= 0.3 is 11.9 Å². The molecule has 0 amide bonds. The van der Waals surface area contributed by atoms with Crippen LogP contribution in [-0.4, -0.2) is 24.6 Å². The number of esters is 2. The van der Waals surface area contributed by atoms with Gasteiger partial charge in [0, 0.05) is 6.08 Å². The van der Waals surface area contributed by atoms with E-state index in [-0.39, 0.29) is 18.0 Å². The van der Waals surface area contributed by atoms with Crippen molar-refractivity contribution in [2.45, 2.75) is 18.9 Å². The number of carbonyl (C=O) groups is 2. The molecule has 0 fully saturated rings. The zero-order valence-electron chi connectivity index (χ0n) is 12.2. The van der Waals surface area contributed by atoms with Gasteiger partial charge in [0.15, 0.2) is 0 Å². The van der Waals surface area contributed by atoms with Gasteiger partial charge in [-0.05, 0) is 36.6 Å². The second kappa shape index (κ2) is 7.98. The Morgan fingerprint density at radius 3 is 2.77 bits per heavy atom. The van der Waals surface area contributed by atoms with Crippen LogP contribution in [0, 0.1) is 0 Å². The Labute approximate surface area is 129 Å². The summed E-state index contributed by atoms with van der Waals surface area (Å²) in [6.45, 7) is 3.94. The summed E-state index contributed by atoms with van der Waals surface area (Å²) in [6.07, 6.45) is 7.51. The van der Waals surface area contributed by atoms with Crippen LogP contribution in [-0.2, 0) is 14.3 Å². The predicted molar refractivity (Wildman–Crippen MR) is 83.3 cm³/mol. The monoisotopic (exact) mass is 298 g/mol. The van der Waals surface area contributed by atoms with Gasteiger partial charge in [-0.25, -0.2) is 9.59 Å². The van der Waals surface area contributed by atoms with E-state index in [0.717, 1.165) is 5.57 Å². The number of rotatable bonds is 7. The van der Waals surface area contributed by atoms with Gasteiger partial charge in [-0.3, -0.25) is 0 Å². The lowest BCUT2D eigenvalue weighted by Gasteiger charge is -2.14. The Bertz CT molecular complexity index is 599. The third kappa shape index (κ3) is 4.74. The number of benzene rings is 1. The molecule has 4 nitrogen and oxygen atoms in total. The van der Waals surface area contributed by atoms with E-state index in [0.29, 0.717) is 25.0 Å². The average Bonchev–Trinajstić information content (AvgIpc) is 2.96. The lowest BCUT2D eigenvalue weighted by molar-refractivity contribution is -0.134. The number of ether oxygens (including phenoxy) is 2. The Kier molecular flexibility index (Phi) is 5.72. The Morgan fingerprint density at radius 1 is 1.36 bits per heavy atom. The Hall–Kier alpha value is -2.62. The standard InChI is InChI=1S/C18H18O4/c1-2-3-9-16(11-10-14-12-17(19)21-13-14)22-18(20)15-7-5-4-6-8-15/h2-9,12,16H,1,10-11,13H2/b9-3+/t16-/m1/s1. The van der Waals surface area contributed by atoms with Crippen LogP contribution < -0.4 is 0 Å². The molecule has 0 saturated heterocycles. The van der Waals surface area contributed by atoms with Gasteiger partial charge in [-0.2, -0.15) is 0 Å². The highest BCUT2D eigenvalue weighted by Crippen LogP contribution is 2.17. The summed E-state index contributed by atoms with van der Waals surface area (Å²) in [5.74, 6) is -0.679. The fourth-order valence-corrected chi connectivity index (χ4v) is 2.06. The van der Waals surface area contributed by atoms with Crippen LogP contribution in [0.5, 0.6) is 0 Å². The molecular weight excluding hydrogens is 280 g/mol. The molecule has 0 saturated carbocycles. The topological polar surface area (TPSA) is 52.6 Å². The van der Waals surface area contributed by atoms with Crippen LogP contribution >= 0.6 is 0 Å². The Morgan fingerprint density at radius 2 is 2.14 bits per heavy atom. The van der Waals surface area contributed by atoms with Crippen molar-refractivity contribution in [1.82, 2.24) is 0 Å². The first-order valence-corrected chi connectivity index (χ1v) is 7.10. The molecule has 1 aliphatic rings. The number of allylic oxidation sites excluding steroid dienone is 2. The quantitative estimate of drug-likeness (QED) is 0.573. The molecule has 0 bridgehead atoms. The summed E-state index contributed by atoms with van der Waals surface area (Å²) in [5, 5.41) is 0. The number of carbonyl (C=O) groups excluding carboxylic acids is 2. The van der Waals surface area contributed by atoms with Gasteiger partial charge in [0.25, 0.3) is 0 Å². The van der Waals surface area contributed by atoms with Crippen LogP contribution in [0.2, 0.25) is 0 Å². The van der Waals surface area contributed by atoms with Crippen molar-refractivity contribution in [2.75, 3.05) is 6.61 Å². The van der Waals surface area contributed by atoms with Gasteiger partial charge in [-0.15, -0.1) is 0 Å². The van der Waals surface area contributed by atoms with E-state index >= 15 is 0 Å². The summed E-state index contributed by atoms with van der Waals surface area (Å²) in [4.78, 5) is 23.1. The summed E-state index contributed by atoms with van der Waals surface area (Å²) >= 11 is 0. The second-order valence-corrected chi connectivity index (χ2v) is 4.88. The van der Waals surface area contributed by atoms with E-state index in [1.165, 1.54) is 6.08 Å². The van der Waals surface area contributed by atoms with Crippen molar-refractivity contribution >= 4 is 11.9 Å². The molecule has 114 valence electrons. The molecule has 1 aliphatic heterocycles. The second-order valence-electron chi connectivity index (χ2n) is 4.88. The van der Waals surface area contributed by atoms with E-state index < -0.39 is 0 Å². The van der Waals surface area contributed by atoms with Crippen LogP contribution in [0.1, 0.15) is 23.2 Å². The van der Waals surface area contributed by atoms with Crippen LogP contribution in [0.25, 0.3) is 0 Å². The molecule has 1 aromatic rings. The van der Waals surface area contributed by atoms with E-state index in [2.05, 4.69) is 6.58 Å². The highest BCUT2D eigenvalue weighted by Gasteiger charge is 2.17. The maximum atomic E-state index is 12.1. The first kappa shape index (κ1) is 15.8.